The Bertz CT molecular complexity index is 744. The Kier molecular flexibility index (Phi) is 6.12. The summed E-state index contributed by atoms with van der Waals surface area (Å²) < 4.78 is 10.8. The smallest absolute Gasteiger partial charge is 0.417 e. The van der Waals surface area contributed by atoms with Crippen LogP contribution in [0.15, 0.2) is 29.4 Å². The third kappa shape index (κ3) is 5.08. The van der Waals surface area contributed by atoms with E-state index in [9.17, 15) is 14.9 Å². The average Bonchev–Trinajstić information content (AvgIpc) is 3.19. The lowest BCUT2D eigenvalue weighted by Crippen LogP contribution is -2.40. The molecule has 9 nitrogen and oxygen atoms in total. The summed E-state index contributed by atoms with van der Waals surface area (Å²) in [5.41, 5.74) is 0.733. The van der Waals surface area contributed by atoms with E-state index in [4.69, 9.17) is 21.1 Å². The molecule has 1 amide bonds. The molecule has 2 atom stereocenters. The molecule has 0 saturated carbocycles. The van der Waals surface area contributed by atoms with Gasteiger partial charge in [0, 0.05) is 24.0 Å². The van der Waals surface area contributed by atoms with E-state index in [0.717, 1.165) is 12.0 Å². The maximum absolute atomic E-state index is 12.4. The van der Waals surface area contributed by atoms with Crippen molar-refractivity contribution in [2.45, 2.75) is 26.1 Å². The molecule has 0 aliphatic carbocycles. The molecule has 2 aliphatic heterocycles. The maximum atomic E-state index is 12.4. The third-order valence-electron chi connectivity index (χ3n) is 4.52. The minimum absolute atomic E-state index is 0.00986. The fourth-order valence-electron chi connectivity index (χ4n) is 3.32. The molecule has 10 heteroatoms. The van der Waals surface area contributed by atoms with Crippen LogP contribution in [0.1, 0.15) is 18.9 Å². The van der Waals surface area contributed by atoms with E-state index >= 15 is 0 Å². The number of nitro groups is 1. The lowest BCUT2D eigenvalue weighted by atomic mass is 10.1. The van der Waals surface area contributed by atoms with Gasteiger partial charge in [0.2, 0.25) is 0 Å². The number of nitrogens with zero attached hydrogens (tertiary/aromatic N) is 4. The number of ether oxygens (including phenoxy) is 2. The molecule has 2 heterocycles. The van der Waals surface area contributed by atoms with Crippen molar-refractivity contribution in [1.82, 2.24) is 9.80 Å². The zero-order valence-corrected chi connectivity index (χ0v) is 15.7. The van der Waals surface area contributed by atoms with Crippen LogP contribution in [0.5, 0.6) is 0 Å². The van der Waals surface area contributed by atoms with Gasteiger partial charge in [-0.2, -0.15) is 0 Å². The zero-order valence-electron chi connectivity index (χ0n) is 14.9. The highest BCUT2D eigenvalue weighted by Crippen LogP contribution is 2.22. The van der Waals surface area contributed by atoms with Crippen LogP contribution in [-0.4, -0.2) is 59.2 Å². The van der Waals surface area contributed by atoms with E-state index in [-0.39, 0.29) is 31.1 Å². The number of carbonyl (C=O) groups excluding carboxylic acids is 1. The molecule has 0 bridgehead atoms. The molecule has 0 radical (unpaired) electrons. The van der Waals surface area contributed by atoms with Crippen LogP contribution in [0.2, 0.25) is 5.02 Å². The van der Waals surface area contributed by atoms with Crippen molar-refractivity contribution in [3.8, 4) is 0 Å². The SMILES string of the molecule is CC1CC(CN2CCN(C(=O)OCc3cccc(Cl)c3)C2=N[N+](=O)[O-])CO1. The van der Waals surface area contributed by atoms with Crippen LogP contribution in [0.25, 0.3) is 0 Å². The maximum Gasteiger partial charge on any atom is 0.417 e. The minimum Gasteiger partial charge on any atom is -0.444 e. The average molecular weight is 397 g/mol. The van der Waals surface area contributed by atoms with E-state index in [1.807, 2.05) is 6.92 Å². The van der Waals surface area contributed by atoms with Gasteiger partial charge in [-0.05, 0) is 31.0 Å². The van der Waals surface area contributed by atoms with Crippen LogP contribution in [0, 0.1) is 16.0 Å². The largest absolute Gasteiger partial charge is 0.444 e. The fraction of sp³-hybridized carbons (Fsp3) is 0.529. The Morgan fingerprint density at radius 3 is 2.96 bits per heavy atom. The first-order chi connectivity index (χ1) is 12.9. The molecule has 2 saturated heterocycles. The number of benzene rings is 1. The predicted octanol–water partition coefficient (Wildman–Crippen LogP) is 2.57. The molecule has 2 aliphatic rings. The Morgan fingerprint density at radius 1 is 1.48 bits per heavy atom. The predicted molar refractivity (Wildman–Crippen MR) is 97.9 cm³/mol. The van der Waals surface area contributed by atoms with Gasteiger partial charge in [-0.3, -0.25) is 0 Å². The summed E-state index contributed by atoms with van der Waals surface area (Å²) in [5.74, 6) is 0.259. The highest BCUT2D eigenvalue weighted by molar-refractivity contribution is 6.30. The Labute approximate surface area is 161 Å². The van der Waals surface area contributed by atoms with Crippen LogP contribution in [-0.2, 0) is 16.1 Å². The Balaban J connectivity index is 1.64. The summed E-state index contributed by atoms with van der Waals surface area (Å²) in [6.07, 6.45) is 0.378. The van der Waals surface area contributed by atoms with Gasteiger partial charge >= 0.3 is 6.09 Å². The molecule has 0 aromatic heterocycles. The Morgan fingerprint density at radius 2 is 2.30 bits per heavy atom. The van der Waals surface area contributed by atoms with E-state index in [0.29, 0.717) is 24.7 Å². The van der Waals surface area contributed by atoms with Crippen molar-refractivity contribution in [1.29, 1.82) is 0 Å². The van der Waals surface area contributed by atoms with E-state index in [1.54, 1.807) is 29.2 Å². The second kappa shape index (κ2) is 8.53. The van der Waals surface area contributed by atoms with Gasteiger partial charge in [0.05, 0.1) is 19.3 Å². The normalized spacial score (nSPS) is 23.9. The second-order valence-electron chi connectivity index (χ2n) is 6.67. The van der Waals surface area contributed by atoms with E-state index < -0.39 is 11.1 Å². The molecule has 0 N–H and O–H groups in total. The van der Waals surface area contributed by atoms with Gasteiger partial charge in [0.25, 0.3) is 5.96 Å². The Hall–Kier alpha value is -2.39. The molecule has 3 rings (SSSR count). The lowest BCUT2D eigenvalue weighted by Gasteiger charge is -2.21. The first-order valence-electron chi connectivity index (χ1n) is 8.70. The molecular weight excluding hydrogens is 376 g/mol. The van der Waals surface area contributed by atoms with Crippen molar-refractivity contribution in [3.63, 3.8) is 0 Å². The highest BCUT2D eigenvalue weighted by Gasteiger charge is 2.37. The molecule has 146 valence electrons. The van der Waals surface area contributed by atoms with E-state index in [2.05, 4.69) is 5.10 Å². The highest BCUT2D eigenvalue weighted by atomic mass is 35.5. The number of carbonyl (C=O) groups is 1. The quantitative estimate of drug-likeness (QED) is 0.560. The lowest BCUT2D eigenvalue weighted by molar-refractivity contribution is -0.486. The summed E-state index contributed by atoms with van der Waals surface area (Å²) in [6, 6.07) is 6.95. The minimum atomic E-state index is -0.793. The number of hydrogen-bond acceptors (Lipinski definition) is 5. The topological polar surface area (TPSA) is 97.5 Å². The summed E-state index contributed by atoms with van der Waals surface area (Å²) in [7, 11) is 0. The van der Waals surface area contributed by atoms with Gasteiger partial charge in [0.15, 0.2) is 5.03 Å². The number of halogens is 1. The molecule has 2 fully saturated rings. The molecule has 1 aromatic carbocycles. The first kappa shape index (κ1) is 19.4. The van der Waals surface area contributed by atoms with E-state index in [1.165, 1.54) is 4.90 Å². The van der Waals surface area contributed by atoms with Crippen molar-refractivity contribution in [2.24, 2.45) is 11.0 Å². The van der Waals surface area contributed by atoms with Crippen molar-refractivity contribution < 1.29 is 19.3 Å². The van der Waals surface area contributed by atoms with Gasteiger partial charge in [-0.25, -0.2) is 19.8 Å². The van der Waals surface area contributed by atoms with Crippen molar-refractivity contribution in [2.75, 3.05) is 26.2 Å². The molecule has 1 aromatic rings. The zero-order chi connectivity index (χ0) is 19.4. The molecule has 27 heavy (non-hydrogen) atoms. The standard InChI is InChI=1S/C17H21ClN4O5/c1-12-7-14(11-26-12)9-20-5-6-21(16(20)19-22(24)25)17(23)27-10-13-3-2-4-15(18)8-13/h2-4,8,12,14H,5-7,9-11H2,1H3. The number of guanidine groups is 1. The van der Waals surface area contributed by atoms with Crippen LogP contribution >= 0.6 is 11.6 Å². The van der Waals surface area contributed by atoms with Crippen LogP contribution in [0.4, 0.5) is 4.79 Å². The van der Waals surface area contributed by atoms with Crippen molar-refractivity contribution in [3.05, 3.63) is 45.0 Å². The van der Waals surface area contributed by atoms with Crippen molar-refractivity contribution >= 4 is 23.7 Å². The number of amides is 1. The third-order valence-corrected chi connectivity index (χ3v) is 4.76. The molecule has 2 unspecified atom stereocenters. The van der Waals surface area contributed by atoms with Crippen LogP contribution in [0.3, 0.4) is 0 Å². The number of hydrogen-bond donors (Lipinski definition) is 0. The van der Waals surface area contributed by atoms with Gasteiger partial charge in [0.1, 0.15) is 11.7 Å². The first-order valence-corrected chi connectivity index (χ1v) is 9.08. The van der Waals surface area contributed by atoms with Gasteiger partial charge in [-0.1, -0.05) is 23.7 Å². The fourth-order valence-corrected chi connectivity index (χ4v) is 3.53. The van der Waals surface area contributed by atoms with Gasteiger partial charge < -0.3 is 14.4 Å². The summed E-state index contributed by atoms with van der Waals surface area (Å²) in [6.45, 7) is 3.91. The molecule has 0 spiro atoms. The number of rotatable bonds is 5. The van der Waals surface area contributed by atoms with Gasteiger partial charge in [-0.15, -0.1) is 0 Å². The second-order valence-corrected chi connectivity index (χ2v) is 7.10. The molecular formula is C17H21ClN4O5. The van der Waals surface area contributed by atoms with Crippen LogP contribution < -0.4 is 0 Å². The summed E-state index contributed by atoms with van der Waals surface area (Å²) in [4.78, 5) is 26.3. The monoisotopic (exact) mass is 396 g/mol. The summed E-state index contributed by atoms with van der Waals surface area (Å²) in [5, 5.41) is 14.1. The summed E-state index contributed by atoms with van der Waals surface area (Å²) >= 11 is 5.92. The number of hydrazone groups is 1.